The molecule has 0 aliphatic heterocycles. The monoisotopic (exact) mass is 414 g/mol. The molecule has 28 heavy (non-hydrogen) atoms. The predicted molar refractivity (Wildman–Crippen MR) is 106 cm³/mol. The third kappa shape index (κ3) is 12.7. The molecule has 11 heteroatoms. The minimum absolute atomic E-state index is 0.0890. The highest BCUT2D eigenvalue weighted by Crippen LogP contribution is 2.16. The first kappa shape index (κ1) is 25.4. The molecule has 0 aliphatic rings. The van der Waals surface area contributed by atoms with E-state index in [1.165, 1.54) is 0 Å². The molecule has 1 amide bonds. The van der Waals surface area contributed by atoms with Crippen LogP contribution in [0.2, 0.25) is 0 Å². The molecule has 156 valence electrons. The van der Waals surface area contributed by atoms with E-state index in [2.05, 4.69) is 28.1 Å². The van der Waals surface area contributed by atoms with Gasteiger partial charge in [0, 0.05) is 19.6 Å². The fourth-order valence-electron chi connectivity index (χ4n) is 1.73. The van der Waals surface area contributed by atoms with Gasteiger partial charge in [0.05, 0.1) is 17.4 Å². The van der Waals surface area contributed by atoms with Gasteiger partial charge in [0.25, 0.3) is 5.09 Å². The van der Waals surface area contributed by atoms with E-state index in [1.54, 1.807) is 38.1 Å². The standard InChI is InChI=1S/C15H21N3O3S.C2H5NO3/c1-11(22)15(20)18-7-6-17-9-13(19)10-21-14-5-3-2-4-12(14)8-16;1-2-6-3(4)5/h2-5,11,13,17,19,22H,6-7,9-10H2,1H3,(H,18,20);2H2,1H3. The van der Waals surface area contributed by atoms with E-state index >= 15 is 0 Å². The Hall–Kier alpha value is -2.55. The molecule has 0 fully saturated rings. The lowest BCUT2D eigenvalue weighted by Gasteiger charge is -2.14. The van der Waals surface area contributed by atoms with Crippen molar-refractivity contribution in [1.82, 2.24) is 10.6 Å². The molecule has 0 heterocycles. The van der Waals surface area contributed by atoms with E-state index in [0.29, 0.717) is 30.9 Å². The van der Waals surface area contributed by atoms with Gasteiger partial charge in [-0.15, -0.1) is 10.1 Å². The molecular weight excluding hydrogens is 388 g/mol. The number of ether oxygens (including phenoxy) is 1. The van der Waals surface area contributed by atoms with Crippen LogP contribution in [0.4, 0.5) is 0 Å². The Morgan fingerprint density at radius 2 is 2.11 bits per heavy atom. The van der Waals surface area contributed by atoms with Gasteiger partial charge in [-0.25, -0.2) is 0 Å². The van der Waals surface area contributed by atoms with Crippen LogP contribution in [0.5, 0.6) is 5.75 Å². The maximum Gasteiger partial charge on any atom is 0.294 e. The molecule has 2 unspecified atom stereocenters. The molecule has 0 saturated heterocycles. The van der Waals surface area contributed by atoms with Crippen LogP contribution in [0, 0.1) is 21.4 Å². The lowest BCUT2D eigenvalue weighted by atomic mass is 10.2. The van der Waals surface area contributed by atoms with Crippen LogP contribution in [0.3, 0.4) is 0 Å². The molecule has 0 aromatic heterocycles. The number of para-hydroxylation sites is 1. The van der Waals surface area contributed by atoms with E-state index < -0.39 is 11.2 Å². The summed E-state index contributed by atoms with van der Waals surface area (Å²) in [4.78, 5) is 24.2. The summed E-state index contributed by atoms with van der Waals surface area (Å²) < 4.78 is 5.42. The van der Waals surface area contributed by atoms with Gasteiger partial charge in [0.1, 0.15) is 24.5 Å². The predicted octanol–water partition coefficient (Wildman–Crippen LogP) is 0.537. The molecule has 0 saturated carbocycles. The Morgan fingerprint density at radius 1 is 1.43 bits per heavy atom. The third-order valence-electron chi connectivity index (χ3n) is 3.03. The number of hydrogen-bond acceptors (Lipinski definition) is 9. The van der Waals surface area contributed by atoms with Crippen molar-refractivity contribution < 1.29 is 24.6 Å². The van der Waals surface area contributed by atoms with Gasteiger partial charge >= 0.3 is 0 Å². The summed E-state index contributed by atoms with van der Waals surface area (Å²) in [5.74, 6) is 0.334. The number of carbonyl (C=O) groups is 1. The molecule has 3 N–H and O–H groups in total. The molecule has 0 aliphatic carbocycles. The number of nitrogens with one attached hydrogen (secondary N) is 2. The van der Waals surface area contributed by atoms with Crippen LogP contribution in [0.25, 0.3) is 0 Å². The molecule has 1 rings (SSSR count). The van der Waals surface area contributed by atoms with Gasteiger partial charge in [-0.3, -0.25) is 4.79 Å². The SMILES string of the molecule is CC(S)C(=O)NCCNCC(O)COc1ccccc1C#N.CCO[N+](=O)[O-]. The van der Waals surface area contributed by atoms with Gasteiger partial charge in [-0.1, -0.05) is 12.1 Å². The molecular formula is C17H26N4O6S. The number of thiol groups is 1. The third-order valence-corrected chi connectivity index (χ3v) is 3.27. The summed E-state index contributed by atoms with van der Waals surface area (Å²) in [5, 5.41) is 32.5. The van der Waals surface area contributed by atoms with Crippen LogP contribution in [-0.2, 0) is 9.63 Å². The van der Waals surface area contributed by atoms with Gasteiger partial charge < -0.3 is 25.3 Å². The van der Waals surface area contributed by atoms with Crippen molar-refractivity contribution in [2.24, 2.45) is 0 Å². The summed E-state index contributed by atoms with van der Waals surface area (Å²) >= 11 is 4.02. The summed E-state index contributed by atoms with van der Waals surface area (Å²) in [6.45, 7) is 4.82. The minimum Gasteiger partial charge on any atom is -0.489 e. The quantitative estimate of drug-likeness (QED) is 0.178. The minimum atomic E-state index is -0.819. The fourth-order valence-corrected chi connectivity index (χ4v) is 1.82. The molecule has 10 nitrogen and oxygen atoms in total. The van der Waals surface area contributed by atoms with Crippen LogP contribution >= 0.6 is 12.6 Å². The first-order valence-electron chi connectivity index (χ1n) is 8.55. The van der Waals surface area contributed by atoms with Crippen molar-refractivity contribution >= 4 is 18.5 Å². The molecule has 0 bridgehead atoms. The Morgan fingerprint density at radius 3 is 2.64 bits per heavy atom. The van der Waals surface area contributed by atoms with E-state index in [1.807, 2.05) is 6.07 Å². The van der Waals surface area contributed by atoms with Crippen LogP contribution in [0.1, 0.15) is 19.4 Å². The number of aliphatic hydroxyl groups excluding tert-OH is 1. The highest BCUT2D eigenvalue weighted by atomic mass is 32.1. The summed E-state index contributed by atoms with van der Waals surface area (Å²) in [6.07, 6.45) is -0.703. The van der Waals surface area contributed by atoms with Crippen molar-refractivity contribution in [1.29, 1.82) is 5.26 Å². The van der Waals surface area contributed by atoms with Gasteiger partial charge in [-0.2, -0.15) is 17.9 Å². The first-order valence-corrected chi connectivity index (χ1v) is 9.07. The second kappa shape index (κ2) is 15.5. The van der Waals surface area contributed by atoms with E-state index in [0.717, 1.165) is 0 Å². The summed E-state index contributed by atoms with van der Waals surface area (Å²) in [6, 6.07) is 8.90. The Labute approximate surface area is 169 Å². The molecule has 0 spiro atoms. The van der Waals surface area contributed by atoms with Crippen LogP contribution in [0.15, 0.2) is 24.3 Å². The van der Waals surface area contributed by atoms with Gasteiger partial charge in [0.15, 0.2) is 0 Å². The second-order valence-electron chi connectivity index (χ2n) is 5.39. The molecule has 0 radical (unpaired) electrons. The van der Waals surface area contributed by atoms with Crippen molar-refractivity contribution in [2.45, 2.75) is 25.2 Å². The second-order valence-corrected chi connectivity index (χ2v) is 6.16. The zero-order valence-electron chi connectivity index (χ0n) is 15.8. The Kier molecular flexibility index (Phi) is 14.1. The largest absolute Gasteiger partial charge is 0.489 e. The number of rotatable bonds is 11. The van der Waals surface area contributed by atoms with E-state index in [4.69, 9.17) is 10.00 Å². The normalized spacial score (nSPS) is 11.8. The van der Waals surface area contributed by atoms with Crippen molar-refractivity contribution in [3.63, 3.8) is 0 Å². The Balaban J connectivity index is 0.00000105. The lowest BCUT2D eigenvalue weighted by Crippen LogP contribution is -2.38. The Bertz CT molecular complexity index is 638. The zero-order valence-corrected chi connectivity index (χ0v) is 16.7. The van der Waals surface area contributed by atoms with Gasteiger partial charge in [0.2, 0.25) is 5.91 Å². The van der Waals surface area contributed by atoms with E-state index in [-0.39, 0.29) is 24.4 Å². The number of benzene rings is 1. The van der Waals surface area contributed by atoms with Crippen molar-refractivity contribution in [3.05, 3.63) is 39.9 Å². The number of carbonyl (C=O) groups excluding carboxylic acids is 1. The molecule has 1 aromatic rings. The van der Waals surface area contributed by atoms with Crippen molar-refractivity contribution in [3.8, 4) is 11.8 Å². The highest BCUT2D eigenvalue weighted by molar-refractivity contribution is 7.81. The lowest BCUT2D eigenvalue weighted by molar-refractivity contribution is -0.756. The maximum atomic E-state index is 11.2. The first-order chi connectivity index (χ1) is 13.3. The summed E-state index contributed by atoms with van der Waals surface area (Å²) in [5.41, 5.74) is 0.436. The average molecular weight is 414 g/mol. The van der Waals surface area contributed by atoms with Crippen molar-refractivity contribution in [2.75, 3.05) is 32.8 Å². The summed E-state index contributed by atoms with van der Waals surface area (Å²) in [7, 11) is 0. The number of nitrogens with zero attached hydrogens (tertiary/aromatic N) is 2. The number of aliphatic hydroxyl groups is 1. The molecule has 1 aromatic carbocycles. The number of amides is 1. The van der Waals surface area contributed by atoms with Crippen LogP contribution in [-0.4, -0.2) is 60.3 Å². The average Bonchev–Trinajstić information content (AvgIpc) is 2.66. The number of hydrogen-bond donors (Lipinski definition) is 4. The molecule has 2 atom stereocenters. The highest BCUT2D eigenvalue weighted by Gasteiger charge is 2.08. The maximum absolute atomic E-state index is 11.2. The van der Waals surface area contributed by atoms with Gasteiger partial charge in [-0.05, 0) is 26.0 Å². The van der Waals surface area contributed by atoms with Crippen LogP contribution < -0.4 is 15.4 Å². The number of nitriles is 1. The smallest absolute Gasteiger partial charge is 0.294 e. The topological polar surface area (TPSA) is 147 Å². The fraction of sp³-hybridized carbons (Fsp3) is 0.529. The zero-order chi connectivity index (χ0) is 21.4. The van der Waals surface area contributed by atoms with E-state index in [9.17, 15) is 20.0 Å².